The summed E-state index contributed by atoms with van der Waals surface area (Å²) in [5.41, 5.74) is 1.12. The van der Waals surface area contributed by atoms with E-state index in [1.165, 1.54) is 24.8 Å². The Bertz CT molecular complexity index is 1290. The Morgan fingerprint density at radius 3 is 2.78 bits per heavy atom. The number of Topliss-reactive ketones (excluding diaryl/α,β-unsaturated/α-hetero) is 1. The number of methoxy groups -OCH3 is 1. The third-order valence-electron chi connectivity index (χ3n) is 14.0. The van der Waals surface area contributed by atoms with Crippen molar-refractivity contribution in [2.45, 2.75) is 82.6 Å². The number of rotatable bonds is 2. The predicted molar refractivity (Wildman–Crippen MR) is 166 cm³/mol. The average molecular weight is 596 g/mol. The van der Waals surface area contributed by atoms with Crippen LogP contribution in [-0.4, -0.2) is 58.5 Å². The smallest absolute Gasteiger partial charge is 0.141 e. The standard InChI is InChI=1S/C34H45NO4S2/c1-19(36)26-18-41-40-17-22-15-32-11-9-21-16-33(31(32,2)29(21)30-27(37)14-28(39-3)34(30,33)38)10-5-8-25(32)24(22)13-20-6-4-7-23(12-20)35-26/h4-8,12,19,21-22,24-26,28-30,35-36,38H,9-11,13-18H2,1-3H3. The van der Waals surface area contributed by atoms with Crippen LogP contribution in [0.2, 0.25) is 0 Å². The lowest BCUT2D eigenvalue weighted by Gasteiger charge is -2.59. The lowest BCUT2D eigenvalue weighted by Crippen LogP contribution is -2.60. The molecule has 6 bridgehead atoms. The third-order valence-corrected chi connectivity index (χ3v) is 16.5. The van der Waals surface area contributed by atoms with Crippen molar-refractivity contribution in [2.24, 2.45) is 51.8 Å². The van der Waals surface area contributed by atoms with E-state index in [1.54, 1.807) is 7.11 Å². The largest absolute Gasteiger partial charge is 0.391 e. The zero-order valence-electron chi connectivity index (χ0n) is 24.6. The average Bonchev–Trinajstić information content (AvgIpc) is 3.49. The van der Waals surface area contributed by atoms with Crippen molar-refractivity contribution in [1.29, 1.82) is 0 Å². The van der Waals surface area contributed by atoms with E-state index in [0.717, 1.165) is 36.5 Å². The Labute approximate surface area is 252 Å². The van der Waals surface area contributed by atoms with E-state index < -0.39 is 11.7 Å². The van der Waals surface area contributed by atoms with Crippen LogP contribution in [-0.2, 0) is 16.0 Å². The Kier molecular flexibility index (Phi) is 6.22. The fourth-order valence-electron chi connectivity index (χ4n) is 12.6. The van der Waals surface area contributed by atoms with Crippen LogP contribution in [0, 0.1) is 51.8 Å². The van der Waals surface area contributed by atoms with Crippen LogP contribution in [0.3, 0.4) is 0 Å². The summed E-state index contributed by atoms with van der Waals surface area (Å²) in [5, 5.41) is 26.9. The summed E-state index contributed by atoms with van der Waals surface area (Å²) in [4.78, 5) is 13.7. The van der Waals surface area contributed by atoms with Crippen molar-refractivity contribution >= 4 is 33.1 Å². The zero-order valence-corrected chi connectivity index (χ0v) is 26.2. The van der Waals surface area contributed by atoms with Crippen LogP contribution >= 0.6 is 21.6 Å². The Morgan fingerprint density at radius 2 is 1.98 bits per heavy atom. The molecule has 0 amide bonds. The predicted octanol–water partition coefficient (Wildman–Crippen LogP) is 5.76. The highest BCUT2D eigenvalue weighted by Gasteiger charge is 2.89. The first-order valence-electron chi connectivity index (χ1n) is 15.9. The lowest BCUT2D eigenvalue weighted by molar-refractivity contribution is -0.194. The van der Waals surface area contributed by atoms with E-state index in [0.29, 0.717) is 30.1 Å². The van der Waals surface area contributed by atoms with E-state index in [9.17, 15) is 15.0 Å². The zero-order chi connectivity index (χ0) is 28.4. The number of benzene rings is 1. The fraction of sp³-hybridized carbons (Fsp3) is 0.735. The van der Waals surface area contributed by atoms with E-state index in [1.807, 2.05) is 28.5 Å². The van der Waals surface area contributed by atoms with Gasteiger partial charge in [0, 0.05) is 36.1 Å². The number of aliphatic hydroxyl groups is 2. The van der Waals surface area contributed by atoms with E-state index >= 15 is 0 Å². The van der Waals surface area contributed by atoms with E-state index in [2.05, 4.69) is 48.7 Å². The number of ketones is 1. The second-order valence-corrected chi connectivity index (χ2v) is 17.5. The first-order valence-corrected chi connectivity index (χ1v) is 18.4. The molecular weight excluding hydrogens is 551 g/mol. The minimum atomic E-state index is -1.06. The maximum atomic E-state index is 13.7. The number of nitrogens with one attached hydrogen (secondary N) is 1. The van der Waals surface area contributed by atoms with Gasteiger partial charge in [-0.1, -0.05) is 52.8 Å². The molecule has 13 atom stereocenters. The number of fused-ring (bicyclic) bond motifs is 5. The van der Waals surface area contributed by atoms with Crippen LogP contribution in [0.4, 0.5) is 5.69 Å². The highest BCUT2D eigenvalue weighted by Crippen LogP contribution is 2.88. The Morgan fingerprint density at radius 1 is 1.15 bits per heavy atom. The third kappa shape index (κ3) is 3.26. The minimum absolute atomic E-state index is 0.0174. The Balaban J connectivity index is 1.23. The highest BCUT2D eigenvalue weighted by atomic mass is 33.1. The summed E-state index contributed by atoms with van der Waals surface area (Å²) in [6.07, 6.45) is 11.2. The molecule has 0 aromatic heterocycles. The molecule has 7 aliphatic rings. The van der Waals surface area contributed by atoms with Gasteiger partial charge in [0.2, 0.25) is 0 Å². The molecule has 1 aromatic rings. The van der Waals surface area contributed by atoms with Gasteiger partial charge in [0.25, 0.3) is 0 Å². The molecule has 1 aromatic carbocycles. The van der Waals surface area contributed by atoms with Gasteiger partial charge >= 0.3 is 0 Å². The lowest BCUT2D eigenvalue weighted by atomic mass is 9.45. The van der Waals surface area contributed by atoms with Gasteiger partial charge in [-0.15, -0.1) is 0 Å². The normalized spacial score (nSPS) is 52.0. The van der Waals surface area contributed by atoms with Gasteiger partial charge in [0.05, 0.1) is 24.2 Å². The van der Waals surface area contributed by atoms with Crippen LogP contribution in [0.1, 0.15) is 57.9 Å². The Hall–Kier alpha value is -0.990. The van der Waals surface area contributed by atoms with Gasteiger partial charge in [-0.3, -0.25) is 4.79 Å². The van der Waals surface area contributed by atoms with Crippen LogP contribution < -0.4 is 5.32 Å². The summed E-state index contributed by atoms with van der Waals surface area (Å²) in [6, 6.07) is 8.91. The van der Waals surface area contributed by atoms with Crippen LogP contribution in [0.5, 0.6) is 0 Å². The van der Waals surface area contributed by atoms with Crippen LogP contribution in [0.15, 0.2) is 36.4 Å². The molecule has 0 saturated heterocycles. The molecule has 1 heterocycles. The second-order valence-electron chi connectivity index (χ2n) is 14.9. The van der Waals surface area contributed by atoms with Gasteiger partial charge in [-0.25, -0.2) is 0 Å². The number of hydrogen-bond acceptors (Lipinski definition) is 7. The molecule has 0 radical (unpaired) electrons. The summed E-state index contributed by atoms with van der Waals surface area (Å²) in [6.45, 7) is 4.43. The summed E-state index contributed by atoms with van der Waals surface area (Å²) >= 11 is 0. The molecule has 8 rings (SSSR count). The summed E-state index contributed by atoms with van der Waals surface area (Å²) in [5.74, 6) is 4.33. The van der Waals surface area contributed by atoms with Crippen molar-refractivity contribution in [2.75, 3.05) is 23.9 Å². The molecule has 13 unspecified atom stereocenters. The van der Waals surface area contributed by atoms with Gasteiger partial charge in [0.1, 0.15) is 11.4 Å². The summed E-state index contributed by atoms with van der Waals surface area (Å²) < 4.78 is 5.99. The quantitative estimate of drug-likeness (QED) is 0.297. The van der Waals surface area contributed by atoms with Crippen molar-refractivity contribution in [3.8, 4) is 0 Å². The number of aliphatic hydroxyl groups excluding tert-OH is 1. The number of ether oxygens (including phenoxy) is 1. The molecule has 7 heteroatoms. The van der Waals surface area contributed by atoms with Crippen molar-refractivity contribution < 1.29 is 19.7 Å². The molecule has 5 nitrogen and oxygen atoms in total. The number of hydrogen-bond donors (Lipinski definition) is 3. The molecule has 1 aliphatic heterocycles. The van der Waals surface area contributed by atoms with E-state index in [4.69, 9.17) is 4.74 Å². The molecule has 5 saturated carbocycles. The van der Waals surface area contributed by atoms with Gasteiger partial charge in [-0.05, 0) is 104 Å². The number of carbonyl (C=O) groups is 1. The molecule has 222 valence electrons. The number of anilines is 1. The minimum Gasteiger partial charge on any atom is -0.391 e. The molecule has 6 aliphatic carbocycles. The number of allylic oxidation sites excluding steroid dienone is 2. The molecule has 41 heavy (non-hydrogen) atoms. The monoisotopic (exact) mass is 595 g/mol. The maximum Gasteiger partial charge on any atom is 0.141 e. The molecular formula is C34H45NO4S2. The second kappa shape index (κ2) is 9.26. The maximum absolute atomic E-state index is 13.7. The van der Waals surface area contributed by atoms with Crippen molar-refractivity contribution in [3.05, 3.63) is 42.0 Å². The van der Waals surface area contributed by atoms with Gasteiger partial charge in [0.15, 0.2) is 0 Å². The first kappa shape index (κ1) is 27.6. The molecule has 3 N–H and O–H groups in total. The van der Waals surface area contributed by atoms with Crippen molar-refractivity contribution in [3.63, 3.8) is 0 Å². The fourth-order valence-corrected chi connectivity index (χ4v) is 15.4. The SMILES string of the molecule is COC1CC(=O)C2C3C4CCC56CC7CSSCC(C(C)O)Nc8cccc(c8)CC7C5C=CCC(C4)(C12O)C36C. The first-order chi connectivity index (χ1) is 19.7. The van der Waals surface area contributed by atoms with Gasteiger partial charge in [-0.2, -0.15) is 0 Å². The molecule has 5 fully saturated rings. The summed E-state index contributed by atoms with van der Waals surface area (Å²) in [7, 11) is 5.58. The van der Waals surface area contributed by atoms with Gasteiger partial charge < -0.3 is 20.3 Å². The molecule has 1 spiro atoms. The van der Waals surface area contributed by atoms with Crippen molar-refractivity contribution in [1.82, 2.24) is 0 Å². The van der Waals surface area contributed by atoms with Crippen LogP contribution in [0.25, 0.3) is 0 Å². The van der Waals surface area contributed by atoms with E-state index in [-0.39, 0.29) is 46.0 Å². The topological polar surface area (TPSA) is 78.8 Å². The highest BCUT2D eigenvalue weighted by molar-refractivity contribution is 8.76. The number of carbonyl (C=O) groups excluding carboxylic acids is 1.